The molecule has 23 heavy (non-hydrogen) atoms. The summed E-state index contributed by atoms with van der Waals surface area (Å²) in [5.41, 5.74) is 0.353. The van der Waals surface area contributed by atoms with E-state index in [0.717, 1.165) is 0 Å². The molecule has 1 aliphatic heterocycles. The Balaban J connectivity index is 2.03. The number of nitrogens with one attached hydrogen (secondary N) is 1. The van der Waals surface area contributed by atoms with Gasteiger partial charge in [-0.3, -0.25) is 9.59 Å². The Morgan fingerprint density at radius 3 is 2.35 bits per heavy atom. The van der Waals surface area contributed by atoms with Gasteiger partial charge in [0.25, 0.3) is 0 Å². The van der Waals surface area contributed by atoms with Gasteiger partial charge in [-0.2, -0.15) is 13.2 Å². The highest BCUT2D eigenvalue weighted by Gasteiger charge is 2.44. The number of carbonyl (C=O) groups excluding carboxylic acids is 2. The van der Waals surface area contributed by atoms with Crippen LogP contribution in [0.2, 0.25) is 10.0 Å². The second-order valence-corrected chi connectivity index (χ2v) is 6.11. The molecule has 4 nitrogen and oxygen atoms in total. The van der Waals surface area contributed by atoms with Crippen LogP contribution in [0.25, 0.3) is 0 Å². The van der Waals surface area contributed by atoms with E-state index in [9.17, 15) is 22.8 Å². The Hall–Kier alpha value is -1.47. The lowest BCUT2D eigenvalue weighted by molar-refractivity contribution is -0.187. The minimum absolute atomic E-state index is 0.00881. The van der Waals surface area contributed by atoms with Gasteiger partial charge in [0, 0.05) is 28.8 Å². The summed E-state index contributed by atoms with van der Waals surface area (Å²) >= 11 is 11.6. The zero-order valence-corrected chi connectivity index (χ0v) is 13.3. The minimum atomic E-state index is -4.93. The van der Waals surface area contributed by atoms with Crippen LogP contribution in [0.3, 0.4) is 0 Å². The number of carbonyl (C=O) groups is 2. The maximum atomic E-state index is 12.5. The first kappa shape index (κ1) is 17.9. The smallest absolute Gasteiger partial charge is 0.334 e. The average molecular weight is 369 g/mol. The Morgan fingerprint density at radius 1 is 1.17 bits per heavy atom. The van der Waals surface area contributed by atoms with Gasteiger partial charge in [-0.05, 0) is 31.0 Å². The Morgan fingerprint density at radius 2 is 1.78 bits per heavy atom. The van der Waals surface area contributed by atoms with E-state index in [0.29, 0.717) is 33.5 Å². The lowest BCUT2D eigenvalue weighted by Crippen LogP contribution is -2.48. The zero-order valence-electron chi connectivity index (χ0n) is 11.8. The summed E-state index contributed by atoms with van der Waals surface area (Å²) in [7, 11) is 0. The lowest BCUT2D eigenvalue weighted by Gasteiger charge is -2.32. The first-order chi connectivity index (χ1) is 10.7. The van der Waals surface area contributed by atoms with Gasteiger partial charge in [-0.25, -0.2) is 0 Å². The molecule has 2 rings (SSSR count). The molecule has 1 saturated heterocycles. The summed E-state index contributed by atoms with van der Waals surface area (Å²) in [6.07, 6.45) is -4.20. The summed E-state index contributed by atoms with van der Waals surface area (Å²) in [5.74, 6) is -3.10. The van der Waals surface area contributed by atoms with Crippen LogP contribution in [0.1, 0.15) is 12.8 Å². The third kappa shape index (κ3) is 4.75. The van der Waals surface area contributed by atoms with Crippen LogP contribution in [-0.2, 0) is 9.59 Å². The van der Waals surface area contributed by atoms with Gasteiger partial charge in [0.15, 0.2) is 0 Å². The number of amides is 2. The van der Waals surface area contributed by atoms with Crippen molar-refractivity contribution < 1.29 is 22.8 Å². The van der Waals surface area contributed by atoms with Gasteiger partial charge >= 0.3 is 12.1 Å². The van der Waals surface area contributed by atoms with Crippen molar-refractivity contribution >= 4 is 40.7 Å². The molecule has 2 amide bonds. The van der Waals surface area contributed by atoms with Crippen LogP contribution in [0.5, 0.6) is 0 Å². The van der Waals surface area contributed by atoms with Crippen molar-refractivity contribution in [3.8, 4) is 0 Å². The van der Waals surface area contributed by atoms with Crippen molar-refractivity contribution in [2.45, 2.75) is 19.0 Å². The normalized spacial score (nSPS) is 18.7. The highest BCUT2D eigenvalue weighted by Crippen LogP contribution is 2.26. The maximum Gasteiger partial charge on any atom is 0.471 e. The highest BCUT2D eigenvalue weighted by molar-refractivity contribution is 6.35. The van der Waals surface area contributed by atoms with E-state index < -0.39 is 23.9 Å². The molecule has 126 valence electrons. The number of hydrogen-bond acceptors (Lipinski definition) is 2. The number of anilines is 1. The molecule has 9 heteroatoms. The first-order valence-corrected chi connectivity index (χ1v) is 7.55. The van der Waals surface area contributed by atoms with Crippen LogP contribution in [0.4, 0.5) is 18.9 Å². The standard InChI is InChI=1S/C14H13Cl2F3N2O2/c15-9-4-10(16)6-11(5-9)20-12(22)8-2-1-3-21(7-8)13(23)14(17,18)19/h4-6,8H,1-3,7H2,(H,20,22). The van der Waals surface area contributed by atoms with E-state index >= 15 is 0 Å². The summed E-state index contributed by atoms with van der Waals surface area (Å²) in [4.78, 5) is 24.1. The third-order valence-corrected chi connectivity index (χ3v) is 3.89. The molecule has 0 spiro atoms. The molecule has 1 unspecified atom stereocenters. The number of likely N-dealkylation sites (tertiary alicyclic amines) is 1. The summed E-state index contributed by atoms with van der Waals surface area (Å²) in [6, 6.07) is 4.45. The molecule has 1 heterocycles. The number of benzene rings is 1. The van der Waals surface area contributed by atoms with Gasteiger partial charge in [0.1, 0.15) is 0 Å². The minimum Gasteiger partial charge on any atom is -0.334 e. The van der Waals surface area contributed by atoms with Crippen LogP contribution in [-0.4, -0.2) is 36.0 Å². The molecule has 0 saturated carbocycles. The van der Waals surface area contributed by atoms with Gasteiger partial charge < -0.3 is 10.2 Å². The number of nitrogens with zero attached hydrogens (tertiary/aromatic N) is 1. The summed E-state index contributed by atoms with van der Waals surface area (Å²) < 4.78 is 37.4. The molecule has 0 aliphatic carbocycles. The monoisotopic (exact) mass is 368 g/mol. The Labute approximate surface area is 140 Å². The fraction of sp³-hybridized carbons (Fsp3) is 0.429. The quantitative estimate of drug-likeness (QED) is 0.864. The number of rotatable bonds is 2. The second kappa shape index (κ2) is 6.97. The molecular weight excluding hydrogens is 356 g/mol. The average Bonchev–Trinajstić information content (AvgIpc) is 2.44. The highest BCUT2D eigenvalue weighted by atomic mass is 35.5. The van der Waals surface area contributed by atoms with E-state index in [-0.39, 0.29) is 13.1 Å². The fourth-order valence-corrected chi connectivity index (χ4v) is 2.95. The molecule has 1 aromatic carbocycles. The van der Waals surface area contributed by atoms with Crippen LogP contribution < -0.4 is 5.32 Å². The van der Waals surface area contributed by atoms with Crippen molar-refractivity contribution in [3.63, 3.8) is 0 Å². The molecule has 0 bridgehead atoms. The van der Waals surface area contributed by atoms with Crippen molar-refractivity contribution in [1.82, 2.24) is 4.90 Å². The maximum absolute atomic E-state index is 12.5. The summed E-state index contributed by atoms with van der Waals surface area (Å²) in [6.45, 7) is -0.274. The number of piperidine rings is 1. The molecule has 1 aromatic rings. The second-order valence-electron chi connectivity index (χ2n) is 5.24. The number of halogens is 5. The van der Waals surface area contributed by atoms with E-state index in [2.05, 4.69) is 5.32 Å². The lowest BCUT2D eigenvalue weighted by atomic mass is 9.97. The predicted molar refractivity (Wildman–Crippen MR) is 80.5 cm³/mol. The molecule has 0 aromatic heterocycles. The van der Waals surface area contributed by atoms with E-state index in [1.165, 1.54) is 18.2 Å². The van der Waals surface area contributed by atoms with E-state index in [1.807, 2.05) is 0 Å². The Bertz CT molecular complexity index is 602. The van der Waals surface area contributed by atoms with Crippen molar-refractivity contribution in [2.75, 3.05) is 18.4 Å². The van der Waals surface area contributed by atoms with Gasteiger partial charge in [0.2, 0.25) is 5.91 Å². The fourth-order valence-electron chi connectivity index (χ4n) is 2.43. The summed E-state index contributed by atoms with van der Waals surface area (Å²) in [5, 5.41) is 3.21. The van der Waals surface area contributed by atoms with Crippen LogP contribution in [0, 0.1) is 5.92 Å². The van der Waals surface area contributed by atoms with E-state index in [4.69, 9.17) is 23.2 Å². The topological polar surface area (TPSA) is 49.4 Å². The molecule has 1 aliphatic rings. The SMILES string of the molecule is O=C(Nc1cc(Cl)cc(Cl)c1)C1CCCN(C(=O)C(F)(F)F)C1. The van der Waals surface area contributed by atoms with Crippen molar-refractivity contribution in [1.29, 1.82) is 0 Å². The third-order valence-electron chi connectivity index (χ3n) is 3.45. The van der Waals surface area contributed by atoms with Crippen molar-refractivity contribution in [2.24, 2.45) is 5.92 Å². The Kier molecular flexibility index (Phi) is 5.41. The molecule has 1 N–H and O–H groups in total. The van der Waals surface area contributed by atoms with Crippen molar-refractivity contribution in [3.05, 3.63) is 28.2 Å². The van der Waals surface area contributed by atoms with Crippen LogP contribution >= 0.6 is 23.2 Å². The first-order valence-electron chi connectivity index (χ1n) is 6.80. The van der Waals surface area contributed by atoms with Gasteiger partial charge in [-0.1, -0.05) is 23.2 Å². The van der Waals surface area contributed by atoms with Crippen LogP contribution in [0.15, 0.2) is 18.2 Å². The van der Waals surface area contributed by atoms with Gasteiger partial charge in [0.05, 0.1) is 5.92 Å². The number of alkyl halides is 3. The van der Waals surface area contributed by atoms with E-state index in [1.54, 1.807) is 0 Å². The molecular formula is C14H13Cl2F3N2O2. The molecule has 1 atom stereocenters. The molecule has 1 fully saturated rings. The largest absolute Gasteiger partial charge is 0.471 e. The van der Waals surface area contributed by atoms with Gasteiger partial charge in [-0.15, -0.1) is 0 Å². The molecule has 0 radical (unpaired) electrons. The predicted octanol–water partition coefficient (Wildman–Crippen LogP) is 3.73. The number of hydrogen-bond donors (Lipinski definition) is 1. The zero-order chi connectivity index (χ0) is 17.2.